The number of ether oxygens (including phenoxy) is 1. The summed E-state index contributed by atoms with van der Waals surface area (Å²) in [6, 6.07) is 8.79. The maximum atomic E-state index is 12.0. The summed E-state index contributed by atoms with van der Waals surface area (Å²) < 4.78 is 5.36. The molecule has 1 fully saturated rings. The second kappa shape index (κ2) is 6.69. The molecule has 122 valence electrons. The second-order valence-corrected chi connectivity index (χ2v) is 7.34. The summed E-state index contributed by atoms with van der Waals surface area (Å²) in [6.45, 7) is 11.7. The number of benzene rings is 1. The molecule has 2 rings (SSSR count). The zero-order chi connectivity index (χ0) is 16.3. The monoisotopic (exact) mass is 304 g/mol. The minimum Gasteiger partial charge on any atom is -0.444 e. The summed E-state index contributed by atoms with van der Waals surface area (Å²) >= 11 is 0. The maximum absolute atomic E-state index is 12.0. The highest BCUT2D eigenvalue weighted by Crippen LogP contribution is 2.25. The minimum absolute atomic E-state index is 0.0692. The molecule has 1 aromatic rings. The molecule has 2 N–H and O–H groups in total. The highest BCUT2D eigenvalue weighted by atomic mass is 16.6. The number of rotatable bonds is 3. The molecular weight excluding hydrogens is 276 g/mol. The van der Waals surface area contributed by atoms with Crippen molar-refractivity contribution in [2.45, 2.75) is 58.1 Å². The first kappa shape index (κ1) is 16.8. The molecule has 0 aromatic heterocycles. The summed E-state index contributed by atoms with van der Waals surface area (Å²) in [5.74, 6) is 0.820. The number of nitrogens with one attached hydrogen (secondary N) is 2. The van der Waals surface area contributed by atoms with Crippen LogP contribution in [0.2, 0.25) is 0 Å². The Morgan fingerprint density at radius 3 is 2.41 bits per heavy atom. The van der Waals surface area contributed by atoms with Crippen LogP contribution in [0.15, 0.2) is 24.3 Å². The molecule has 0 aliphatic carbocycles. The van der Waals surface area contributed by atoms with Crippen LogP contribution in [0.25, 0.3) is 0 Å². The van der Waals surface area contributed by atoms with E-state index in [1.807, 2.05) is 20.8 Å². The predicted octanol–water partition coefficient (Wildman–Crippen LogP) is 3.39. The van der Waals surface area contributed by atoms with E-state index in [1.165, 1.54) is 11.1 Å². The van der Waals surface area contributed by atoms with Crippen LogP contribution in [0, 0.1) is 0 Å². The lowest BCUT2D eigenvalue weighted by molar-refractivity contribution is 0.0504. The van der Waals surface area contributed by atoms with E-state index < -0.39 is 5.60 Å². The Morgan fingerprint density at radius 1 is 1.23 bits per heavy atom. The Labute approximate surface area is 133 Å². The van der Waals surface area contributed by atoms with E-state index in [1.54, 1.807) is 0 Å². The van der Waals surface area contributed by atoms with Crippen LogP contribution in [-0.4, -0.2) is 30.8 Å². The predicted molar refractivity (Wildman–Crippen MR) is 89.3 cm³/mol. The molecule has 2 atom stereocenters. The van der Waals surface area contributed by atoms with Crippen molar-refractivity contribution in [2.75, 3.05) is 13.1 Å². The Kier molecular flexibility index (Phi) is 5.12. The van der Waals surface area contributed by atoms with Crippen molar-refractivity contribution in [1.82, 2.24) is 10.6 Å². The summed E-state index contributed by atoms with van der Waals surface area (Å²) in [5.41, 5.74) is 2.13. The van der Waals surface area contributed by atoms with E-state index >= 15 is 0 Å². The van der Waals surface area contributed by atoms with Gasteiger partial charge in [-0.05, 0) is 37.8 Å². The Hall–Kier alpha value is -1.55. The highest BCUT2D eigenvalue weighted by Gasteiger charge is 2.31. The first-order chi connectivity index (χ1) is 10.3. The molecule has 1 heterocycles. The molecule has 1 aromatic carbocycles. The van der Waals surface area contributed by atoms with Crippen LogP contribution < -0.4 is 10.6 Å². The topological polar surface area (TPSA) is 50.4 Å². The zero-order valence-corrected chi connectivity index (χ0v) is 14.3. The van der Waals surface area contributed by atoms with E-state index in [4.69, 9.17) is 4.74 Å². The van der Waals surface area contributed by atoms with Gasteiger partial charge in [-0.2, -0.15) is 0 Å². The van der Waals surface area contributed by atoms with E-state index in [2.05, 4.69) is 48.7 Å². The van der Waals surface area contributed by atoms with Crippen LogP contribution in [0.5, 0.6) is 0 Å². The van der Waals surface area contributed by atoms with Crippen molar-refractivity contribution in [3.63, 3.8) is 0 Å². The summed E-state index contributed by atoms with van der Waals surface area (Å²) in [6.07, 6.45) is -0.343. The van der Waals surface area contributed by atoms with Crippen molar-refractivity contribution in [1.29, 1.82) is 0 Å². The molecule has 0 unspecified atom stereocenters. The van der Waals surface area contributed by atoms with Crippen LogP contribution in [0.4, 0.5) is 4.79 Å². The van der Waals surface area contributed by atoms with Gasteiger partial charge >= 0.3 is 6.09 Å². The number of carbonyl (C=O) groups is 1. The van der Waals surface area contributed by atoms with Gasteiger partial charge in [0, 0.05) is 19.0 Å². The molecule has 4 nitrogen and oxygen atoms in total. The zero-order valence-electron chi connectivity index (χ0n) is 14.3. The normalized spacial score (nSPS) is 21.9. The number of hydrogen-bond acceptors (Lipinski definition) is 3. The number of carbonyl (C=O) groups excluding carboxylic acids is 1. The van der Waals surface area contributed by atoms with Gasteiger partial charge in [0.15, 0.2) is 0 Å². The van der Waals surface area contributed by atoms with Gasteiger partial charge in [-0.1, -0.05) is 38.1 Å². The molecule has 0 radical (unpaired) electrons. The van der Waals surface area contributed by atoms with E-state index in [0.29, 0.717) is 5.92 Å². The number of hydrogen-bond donors (Lipinski definition) is 2. The van der Waals surface area contributed by atoms with Crippen molar-refractivity contribution in [2.24, 2.45) is 0 Å². The first-order valence-corrected chi connectivity index (χ1v) is 8.06. The fourth-order valence-electron chi connectivity index (χ4n) is 2.77. The molecule has 1 aliphatic heterocycles. The molecular formula is C18H28N2O2. The quantitative estimate of drug-likeness (QED) is 0.900. The third kappa shape index (κ3) is 4.47. The third-order valence-electron chi connectivity index (χ3n) is 3.95. The fraction of sp³-hybridized carbons (Fsp3) is 0.611. The molecule has 1 aliphatic rings. The van der Waals surface area contributed by atoms with Crippen LogP contribution >= 0.6 is 0 Å². The smallest absolute Gasteiger partial charge is 0.407 e. The van der Waals surface area contributed by atoms with Crippen LogP contribution in [0.3, 0.4) is 0 Å². The van der Waals surface area contributed by atoms with Crippen molar-refractivity contribution < 1.29 is 9.53 Å². The molecule has 22 heavy (non-hydrogen) atoms. The molecule has 0 spiro atoms. The van der Waals surface area contributed by atoms with Gasteiger partial charge in [0.1, 0.15) is 5.60 Å². The Bertz CT molecular complexity index is 503. The molecule has 1 saturated heterocycles. The minimum atomic E-state index is -0.468. The van der Waals surface area contributed by atoms with Gasteiger partial charge in [-0.3, -0.25) is 0 Å². The van der Waals surface area contributed by atoms with Gasteiger partial charge in [-0.25, -0.2) is 4.79 Å². The second-order valence-electron chi connectivity index (χ2n) is 7.34. The fourth-order valence-corrected chi connectivity index (χ4v) is 2.77. The number of amides is 1. The van der Waals surface area contributed by atoms with Crippen molar-refractivity contribution >= 4 is 6.09 Å². The lowest BCUT2D eigenvalue weighted by atomic mass is 9.92. The largest absolute Gasteiger partial charge is 0.444 e. The van der Waals surface area contributed by atoms with E-state index in [9.17, 15) is 4.79 Å². The van der Waals surface area contributed by atoms with E-state index in [0.717, 1.165) is 13.1 Å². The average Bonchev–Trinajstić information content (AvgIpc) is 2.84. The average molecular weight is 304 g/mol. The lowest BCUT2D eigenvalue weighted by Crippen LogP contribution is -2.42. The van der Waals surface area contributed by atoms with Crippen LogP contribution in [-0.2, 0) is 4.74 Å². The Balaban J connectivity index is 2.02. The van der Waals surface area contributed by atoms with Gasteiger partial charge in [0.05, 0.1) is 6.04 Å². The maximum Gasteiger partial charge on any atom is 0.407 e. The van der Waals surface area contributed by atoms with Gasteiger partial charge in [0.2, 0.25) is 0 Å². The number of alkyl carbamates (subject to hydrolysis) is 1. The summed E-state index contributed by atoms with van der Waals surface area (Å²) in [5, 5.41) is 6.35. The van der Waals surface area contributed by atoms with Gasteiger partial charge in [-0.15, -0.1) is 0 Å². The molecule has 4 heteroatoms. The standard InChI is InChI=1S/C18H28N2O2/c1-12(2)13-6-8-14(9-7-13)15-10-19-11-16(15)20-17(21)22-18(3,4)5/h6-9,12,15-16,19H,10-11H2,1-5H3,(H,20,21)/t15-,16-/m1/s1. The van der Waals surface area contributed by atoms with Gasteiger partial charge in [0.25, 0.3) is 0 Å². The molecule has 1 amide bonds. The molecule has 0 bridgehead atoms. The van der Waals surface area contributed by atoms with Crippen LogP contribution in [0.1, 0.15) is 57.6 Å². The SMILES string of the molecule is CC(C)c1ccc([C@H]2CNC[C@H]2NC(=O)OC(C)(C)C)cc1. The third-order valence-corrected chi connectivity index (χ3v) is 3.95. The lowest BCUT2D eigenvalue weighted by Gasteiger charge is -2.24. The highest BCUT2D eigenvalue weighted by molar-refractivity contribution is 5.68. The molecule has 0 saturated carbocycles. The van der Waals surface area contributed by atoms with E-state index in [-0.39, 0.29) is 18.1 Å². The summed E-state index contributed by atoms with van der Waals surface area (Å²) in [7, 11) is 0. The van der Waals surface area contributed by atoms with Gasteiger partial charge < -0.3 is 15.4 Å². The Morgan fingerprint density at radius 2 is 1.86 bits per heavy atom. The first-order valence-electron chi connectivity index (χ1n) is 8.06. The van der Waals surface area contributed by atoms with Crippen molar-refractivity contribution in [3.8, 4) is 0 Å². The van der Waals surface area contributed by atoms with Crippen molar-refractivity contribution in [3.05, 3.63) is 35.4 Å². The summed E-state index contributed by atoms with van der Waals surface area (Å²) in [4.78, 5) is 12.0.